The number of carbonyl (C=O) groups is 2. The fourth-order valence-electron chi connectivity index (χ4n) is 1.53. The predicted molar refractivity (Wildman–Crippen MR) is 71.3 cm³/mol. The second kappa shape index (κ2) is 5.95. The first-order chi connectivity index (χ1) is 8.38. The highest BCUT2D eigenvalue weighted by Gasteiger charge is 2.24. The number of carbonyl (C=O) groups excluding carboxylic acids is 1. The molecule has 1 heterocycles. The Balaban J connectivity index is 2.94. The van der Waals surface area contributed by atoms with E-state index in [1.807, 2.05) is 13.8 Å². The summed E-state index contributed by atoms with van der Waals surface area (Å²) < 4.78 is 4.01. The second-order valence-corrected chi connectivity index (χ2v) is 5.18. The van der Waals surface area contributed by atoms with Gasteiger partial charge in [-0.15, -0.1) is 0 Å². The van der Waals surface area contributed by atoms with Crippen molar-refractivity contribution >= 4 is 28.4 Å². The van der Waals surface area contributed by atoms with E-state index in [2.05, 4.69) is 4.37 Å². The van der Waals surface area contributed by atoms with Crippen LogP contribution in [-0.2, 0) is 4.79 Å². The molecule has 0 aromatic carbocycles. The average Bonchev–Trinajstić information content (AvgIpc) is 2.69. The third-order valence-electron chi connectivity index (χ3n) is 2.96. The van der Waals surface area contributed by atoms with E-state index in [4.69, 9.17) is 5.11 Å². The molecule has 0 aliphatic rings. The molecule has 1 rings (SSSR count). The van der Waals surface area contributed by atoms with E-state index < -0.39 is 5.97 Å². The van der Waals surface area contributed by atoms with Crippen LogP contribution in [0, 0.1) is 12.8 Å². The lowest BCUT2D eigenvalue weighted by Crippen LogP contribution is -2.28. The number of anilines is 1. The number of rotatable bonds is 5. The van der Waals surface area contributed by atoms with Crippen LogP contribution in [0.5, 0.6) is 0 Å². The Morgan fingerprint density at radius 3 is 2.61 bits per heavy atom. The summed E-state index contributed by atoms with van der Waals surface area (Å²) in [6, 6.07) is 0. The van der Waals surface area contributed by atoms with Crippen molar-refractivity contribution in [3.05, 3.63) is 11.3 Å². The van der Waals surface area contributed by atoms with Gasteiger partial charge in [0.2, 0.25) is 5.91 Å². The predicted octanol–water partition coefficient (Wildman–Crippen LogP) is 2.55. The fraction of sp³-hybridized carbons (Fsp3) is 0.583. The van der Waals surface area contributed by atoms with Crippen LogP contribution < -0.4 is 4.90 Å². The molecule has 0 aliphatic heterocycles. The zero-order chi connectivity index (χ0) is 13.9. The van der Waals surface area contributed by atoms with Gasteiger partial charge in [0.1, 0.15) is 10.6 Å². The number of nitrogens with zero attached hydrogens (tertiary/aromatic N) is 2. The van der Waals surface area contributed by atoms with Gasteiger partial charge in [-0.1, -0.05) is 20.3 Å². The van der Waals surface area contributed by atoms with Gasteiger partial charge >= 0.3 is 5.97 Å². The molecular formula is C12H18N2O3S. The quantitative estimate of drug-likeness (QED) is 0.892. The number of aromatic nitrogens is 1. The third kappa shape index (κ3) is 3.07. The van der Waals surface area contributed by atoms with Crippen molar-refractivity contribution in [2.45, 2.75) is 33.6 Å². The van der Waals surface area contributed by atoms with Crippen LogP contribution in [-0.4, -0.2) is 28.4 Å². The van der Waals surface area contributed by atoms with Crippen molar-refractivity contribution in [3.63, 3.8) is 0 Å². The first-order valence-corrected chi connectivity index (χ1v) is 6.61. The minimum atomic E-state index is -1.04. The molecule has 1 atom stereocenters. The minimum Gasteiger partial charge on any atom is -0.478 e. The van der Waals surface area contributed by atoms with Gasteiger partial charge in [0.05, 0.1) is 5.69 Å². The van der Waals surface area contributed by atoms with Crippen molar-refractivity contribution in [1.82, 2.24) is 4.37 Å². The summed E-state index contributed by atoms with van der Waals surface area (Å²) in [5, 5.41) is 9.53. The van der Waals surface area contributed by atoms with E-state index in [9.17, 15) is 9.59 Å². The van der Waals surface area contributed by atoms with Gasteiger partial charge in [0.15, 0.2) is 0 Å². The van der Waals surface area contributed by atoms with Crippen molar-refractivity contribution in [2.75, 3.05) is 11.9 Å². The SMILES string of the molecule is CCC(C)CC(=O)N(C)c1snc(C)c1C(=O)O. The molecule has 1 unspecified atom stereocenters. The summed E-state index contributed by atoms with van der Waals surface area (Å²) in [5.41, 5.74) is 0.575. The Morgan fingerprint density at radius 2 is 2.11 bits per heavy atom. The summed E-state index contributed by atoms with van der Waals surface area (Å²) in [6.07, 6.45) is 1.34. The lowest BCUT2D eigenvalue weighted by Gasteiger charge is -2.17. The second-order valence-electron chi connectivity index (χ2n) is 4.42. The van der Waals surface area contributed by atoms with Gasteiger partial charge in [-0.05, 0) is 24.4 Å². The lowest BCUT2D eigenvalue weighted by atomic mass is 10.0. The van der Waals surface area contributed by atoms with Gasteiger partial charge in [-0.25, -0.2) is 4.79 Å². The number of aryl methyl sites for hydroxylation is 1. The number of carboxylic acids is 1. The van der Waals surface area contributed by atoms with Gasteiger partial charge in [-0.3, -0.25) is 4.79 Å². The summed E-state index contributed by atoms with van der Waals surface area (Å²) in [4.78, 5) is 24.5. The van der Waals surface area contributed by atoms with Crippen LogP contribution in [0.2, 0.25) is 0 Å². The summed E-state index contributed by atoms with van der Waals surface area (Å²) in [7, 11) is 1.60. The minimum absolute atomic E-state index is 0.0736. The maximum absolute atomic E-state index is 12.0. The van der Waals surface area contributed by atoms with Crippen LogP contribution in [0.25, 0.3) is 0 Å². The van der Waals surface area contributed by atoms with Gasteiger partial charge in [-0.2, -0.15) is 4.37 Å². The van der Waals surface area contributed by atoms with Crippen LogP contribution in [0.4, 0.5) is 5.00 Å². The van der Waals surface area contributed by atoms with Crippen LogP contribution in [0.3, 0.4) is 0 Å². The zero-order valence-corrected chi connectivity index (χ0v) is 11.9. The molecule has 0 bridgehead atoms. The van der Waals surface area contributed by atoms with Gasteiger partial charge < -0.3 is 10.0 Å². The zero-order valence-electron chi connectivity index (χ0n) is 11.1. The van der Waals surface area contributed by atoms with E-state index in [0.29, 0.717) is 23.0 Å². The average molecular weight is 270 g/mol. The number of amides is 1. The molecule has 1 aromatic rings. The van der Waals surface area contributed by atoms with E-state index in [1.165, 1.54) is 4.90 Å². The van der Waals surface area contributed by atoms with Crippen LogP contribution >= 0.6 is 11.5 Å². The summed E-state index contributed by atoms with van der Waals surface area (Å²) in [6.45, 7) is 5.66. The summed E-state index contributed by atoms with van der Waals surface area (Å²) in [5.74, 6) is -0.822. The molecule has 0 radical (unpaired) electrons. The largest absolute Gasteiger partial charge is 0.478 e. The maximum Gasteiger partial charge on any atom is 0.340 e. The van der Waals surface area contributed by atoms with E-state index >= 15 is 0 Å². The van der Waals surface area contributed by atoms with Crippen molar-refractivity contribution in [2.24, 2.45) is 5.92 Å². The Bertz CT molecular complexity index is 456. The maximum atomic E-state index is 12.0. The highest BCUT2D eigenvalue weighted by atomic mass is 32.1. The molecule has 6 heteroatoms. The highest BCUT2D eigenvalue weighted by Crippen LogP contribution is 2.28. The topological polar surface area (TPSA) is 70.5 Å². The Labute approximate surface area is 111 Å². The van der Waals surface area contributed by atoms with Crippen molar-refractivity contribution in [1.29, 1.82) is 0 Å². The molecular weight excluding hydrogens is 252 g/mol. The van der Waals surface area contributed by atoms with E-state index in [-0.39, 0.29) is 11.5 Å². The van der Waals surface area contributed by atoms with Crippen molar-refractivity contribution in [3.8, 4) is 0 Å². The van der Waals surface area contributed by atoms with Gasteiger partial charge in [0.25, 0.3) is 0 Å². The number of hydrogen-bond donors (Lipinski definition) is 1. The Kier molecular flexibility index (Phi) is 4.84. The highest BCUT2D eigenvalue weighted by molar-refractivity contribution is 7.11. The molecule has 0 spiro atoms. The van der Waals surface area contributed by atoms with Crippen LogP contribution in [0.1, 0.15) is 42.7 Å². The van der Waals surface area contributed by atoms with E-state index in [1.54, 1.807) is 14.0 Å². The monoisotopic (exact) mass is 270 g/mol. The smallest absolute Gasteiger partial charge is 0.340 e. The molecule has 18 heavy (non-hydrogen) atoms. The molecule has 0 aliphatic carbocycles. The van der Waals surface area contributed by atoms with Crippen molar-refractivity contribution < 1.29 is 14.7 Å². The molecule has 5 nitrogen and oxygen atoms in total. The Morgan fingerprint density at radius 1 is 1.50 bits per heavy atom. The number of carboxylic acid groups (broad SMARTS) is 1. The molecule has 100 valence electrons. The lowest BCUT2D eigenvalue weighted by molar-refractivity contribution is -0.119. The first-order valence-electron chi connectivity index (χ1n) is 5.84. The number of hydrogen-bond acceptors (Lipinski definition) is 4. The van der Waals surface area contributed by atoms with E-state index in [0.717, 1.165) is 18.0 Å². The van der Waals surface area contributed by atoms with Gasteiger partial charge in [0, 0.05) is 13.5 Å². The summed E-state index contributed by atoms with van der Waals surface area (Å²) >= 11 is 1.05. The molecule has 1 N–H and O–H groups in total. The molecule has 0 saturated heterocycles. The molecule has 0 saturated carbocycles. The van der Waals surface area contributed by atoms with Crippen LogP contribution in [0.15, 0.2) is 0 Å². The normalized spacial score (nSPS) is 12.2. The fourth-order valence-corrected chi connectivity index (χ4v) is 2.39. The standard InChI is InChI=1S/C12H18N2O3S/c1-5-7(2)6-9(15)14(4)11-10(12(16)17)8(3)13-18-11/h7H,5-6H2,1-4H3,(H,16,17). The molecule has 0 fully saturated rings. The third-order valence-corrected chi connectivity index (χ3v) is 3.97. The molecule has 1 amide bonds. The molecule has 1 aromatic heterocycles. The Hall–Kier alpha value is -1.43. The number of aromatic carboxylic acids is 1. The first kappa shape index (κ1) is 14.6.